The lowest BCUT2D eigenvalue weighted by molar-refractivity contribution is -0.138. The van der Waals surface area contributed by atoms with Gasteiger partial charge in [-0.25, -0.2) is 4.39 Å². The zero-order valence-corrected chi connectivity index (χ0v) is 12.6. The van der Waals surface area contributed by atoms with Crippen LogP contribution in [0.1, 0.15) is 5.56 Å². The summed E-state index contributed by atoms with van der Waals surface area (Å²) in [6.45, 7) is 0. The second-order valence-corrected chi connectivity index (χ2v) is 5.43. The van der Waals surface area contributed by atoms with Gasteiger partial charge in [0.25, 0.3) is 0 Å². The molecule has 112 valence electrons. The summed E-state index contributed by atoms with van der Waals surface area (Å²) in [7, 11) is 0. The minimum atomic E-state index is -4.51. The van der Waals surface area contributed by atoms with Gasteiger partial charge in [0.1, 0.15) is 5.82 Å². The molecule has 0 spiro atoms. The molecule has 21 heavy (non-hydrogen) atoms. The van der Waals surface area contributed by atoms with E-state index in [1.807, 2.05) is 0 Å². The van der Waals surface area contributed by atoms with Crippen molar-refractivity contribution in [2.24, 2.45) is 0 Å². The molecule has 0 saturated carbocycles. The summed E-state index contributed by atoms with van der Waals surface area (Å²) < 4.78 is 51.7. The average molecular weight is 384 g/mol. The molecular formula is C13H8BrClF4N2. The van der Waals surface area contributed by atoms with Crippen LogP contribution < -0.4 is 11.1 Å². The summed E-state index contributed by atoms with van der Waals surface area (Å²) in [5.41, 5.74) is 5.18. The van der Waals surface area contributed by atoms with Gasteiger partial charge in [-0.15, -0.1) is 0 Å². The van der Waals surface area contributed by atoms with Crippen molar-refractivity contribution in [3.8, 4) is 0 Å². The molecule has 0 saturated heterocycles. The van der Waals surface area contributed by atoms with Gasteiger partial charge < -0.3 is 11.1 Å². The SMILES string of the molecule is Nc1cc(Cl)c(F)cc1Nc1ccc(Br)c(C(F)(F)F)c1. The van der Waals surface area contributed by atoms with E-state index in [4.69, 9.17) is 17.3 Å². The van der Waals surface area contributed by atoms with Gasteiger partial charge in [-0.05, 0) is 24.3 Å². The molecule has 0 heterocycles. The maximum atomic E-state index is 13.4. The minimum Gasteiger partial charge on any atom is -0.397 e. The highest BCUT2D eigenvalue weighted by Crippen LogP contribution is 2.37. The molecule has 8 heteroatoms. The van der Waals surface area contributed by atoms with Crippen LogP contribution in [0.5, 0.6) is 0 Å². The Hall–Kier alpha value is -1.47. The van der Waals surface area contributed by atoms with Gasteiger partial charge in [0.2, 0.25) is 0 Å². The molecule has 0 aliphatic heterocycles. The maximum absolute atomic E-state index is 13.4. The first-order valence-corrected chi connectivity index (χ1v) is 6.74. The van der Waals surface area contributed by atoms with Gasteiger partial charge in [-0.1, -0.05) is 27.5 Å². The maximum Gasteiger partial charge on any atom is 0.417 e. The molecule has 3 N–H and O–H groups in total. The van der Waals surface area contributed by atoms with Crippen molar-refractivity contribution in [3.63, 3.8) is 0 Å². The van der Waals surface area contributed by atoms with Gasteiger partial charge in [0.05, 0.1) is 22.0 Å². The van der Waals surface area contributed by atoms with Gasteiger partial charge in [-0.3, -0.25) is 0 Å². The summed E-state index contributed by atoms with van der Waals surface area (Å²) in [6.07, 6.45) is -4.51. The Bertz CT molecular complexity index is 689. The van der Waals surface area contributed by atoms with E-state index in [2.05, 4.69) is 21.2 Å². The summed E-state index contributed by atoms with van der Waals surface area (Å²) in [6, 6.07) is 5.75. The van der Waals surface area contributed by atoms with Crippen LogP contribution >= 0.6 is 27.5 Å². The van der Waals surface area contributed by atoms with E-state index in [0.29, 0.717) is 0 Å². The molecule has 0 fully saturated rings. The molecule has 0 aliphatic carbocycles. The number of nitrogens with one attached hydrogen (secondary N) is 1. The van der Waals surface area contributed by atoms with Crippen LogP contribution in [-0.4, -0.2) is 0 Å². The molecular weight excluding hydrogens is 376 g/mol. The quantitative estimate of drug-likeness (QED) is 0.524. The number of alkyl halides is 3. The fourth-order valence-electron chi connectivity index (χ4n) is 1.65. The van der Waals surface area contributed by atoms with Crippen molar-refractivity contribution in [1.29, 1.82) is 0 Å². The Balaban J connectivity index is 2.39. The smallest absolute Gasteiger partial charge is 0.397 e. The van der Waals surface area contributed by atoms with Crippen molar-refractivity contribution >= 4 is 44.6 Å². The van der Waals surface area contributed by atoms with Crippen molar-refractivity contribution in [2.75, 3.05) is 11.1 Å². The van der Waals surface area contributed by atoms with Crippen molar-refractivity contribution in [3.05, 3.63) is 51.2 Å². The summed E-state index contributed by atoms with van der Waals surface area (Å²) >= 11 is 8.39. The second-order valence-electron chi connectivity index (χ2n) is 4.17. The van der Waals surface area contributed by atoms with E-state index >= 15 is 0 Å². The van der Waals surface area contributed by atoms with Crippen LogP contribution in [0.2, 0.25) is 5.02 Å². The summed E-state index contributed by atoms with van der Waals surface area (Å²) in [5.74, 6) is -0.721. The van der Waals surface area contributed by atoms with Crippen molar-refractivity contribution in [1.82, 2.24) is 0 Å². The largest absolute Gasteiger partial charge is 0.417 e. The number of hydrogen-bond donors (Lipinski definition) is 2. The molecule has 0 radical (unpaired) electrons. The predicted molar refractivity (Wildman–Crippen MR) is 78.2 cm³/mol. The van der Waals surface area contributed by atoms with E-state index in [1.165, 1.54) is 18.2 Å². The van der Waals surface area contributed by atoms with Crippen LogP contribution in [0.3, 0.4) is 0 Å². The molecule has 0 bridgehead atoms. The highest BCUT2D eigenvalue weighted by Gasteiger charge is 2.33. The van der Waals surface area contributed by atoms with E-state index < -0.39 is 17.6 Å². The Morgan fingerprint density at radius 3 is 2.43 bits per heavy atom. The van der Waals surface area contributed by atoms with E-state index in [0.717, 1.165) is 12.1 Å². The Kier molecular flexibility index (Phi) is 4.34. The van der Waals surface area contributed by atoms with E-state index in [-0.39, 0.29) is 26.6 Å². The molecule has 2 aromatic carbocycles. The van der Waals surface area contributed by atoms with Gasteiger partial charge in [0.15, 0.2) is 0 Å². The number of nitrogen functional groups attached to an aromatic ring is 1. The predicted octanol–water partition coefficient (Wildman–Crippen LogP) is 5.59. The number of nitrogens with two attached hydrogens (primary N) is 1. The normalized spacial score (nSPS) is 11.5. The van der Waals surface area contributed by atoms with Crippen molar-refractivity contribution in [2.45, 2.75) is 6.18 Å². The van der Waals surface area contributed by atoms with Crippen LogP contribution in [0, 0.1) is 5.82 Å². The van der Waals surface area contributed by atoms with Crippen LogP contribution in [0.25, 0.3) is 0 Å². The zero-order chi connectivity index (χ0) is 15.8. The standard InChI is InChI=1S/C13H8BrClF4N2/c14-8-2-1-6(3-7(8)13(17,18)19)21-12-5-10(16)9(15)4-11(12)20/h1-5,21H,20H2. The first-order valence-electron chi connectivity index (χ1n) is 5.57. The molecule has 0 aliphatic rings. The number of anilines is 3. The number of halogens is 6. The lowest BCUT2D eigenvalue weighted by Crippen LogP contribution is -2.07. The third kappa shape index (κ3) is 3.59. The molecule has 0 unspecified atom stereocenters. The van der Waals surface area contributed by atoms with Crippen molar-refractivity contribution < 1.29 is 17.6 Å². The van der Waals surface area contributed by atoms with Gasteiger partial charge in [0, 0.05) is 16.2 Å². The number of rotatable bonds is 2. The molecule has 2 aromatic rings. The molecule has 0 atom stereocenters. The molecule has 0 aromatic heterocycles. The third-order valence-electron chi connectivity index (χ3n) is 2.64. The fraction of sp³-hybridized carbons (Fsp3) is 0.0769. The topological polar surface area (TPSA) is 38.0 Å². The summed E-state index contributed by atoms with van der Waals surface area (Å²) in [4.78, 5) is 0. The lowest BCUT2D eigenvalue weighted by Gasteiger charge is -2.14. The van der Waals surface area contributed by atoms with Crippen LogP contribution in [0.4, 0.5) is 34.6 Å². The lowest BCUT2D eigenvalue weighted by atomic mass is 10.2. The van der Waals surface area contributed by atoms with Crippen LogP contribution in [0.15, 0.2) is 34.8 Å². The highest BCUT2D eigenvalue weighted by molar-refractivity contribution is 9.10. The van der Waals surface area contributed by atoms with Gasteiger partial charge in [-0.2, -0.15) is 13.2 Å². The highest BCUT2D eigenvalue weighted by atomic mass is 79.9. The molecule has 2 rings (SSSR count). The Morgan fingerprint density at radius 2 is 1.81 bits per heavy atom. The average Bonchev–Trinajstić information content (AvgIpc) is 2.37. The molecule has 0 amide bonds. The second kappa shape index (κ2) is 5.73. The first-order chi connectivity index (χ1) is 9.68. The van der Waals surface area contributed by atoms with Crippen LogP contribution in [-0.2, 0) is 6.18 Å². The number of hydrogen-bond acceptors (Lipinski definition) is 2. The van der Waals surface area contributed by atoms with E-state index in [1.54, 1.807) is 0 Å². The monoisotopic (exact) mass is 382 g/mol. The first kappa shape index (κ1) is 15.9. The minimum absolute atomic E-state index is 0.0872. The fourth-order valence-corrected chi connectivity index (χ4v) is 2.29. The van der Waals surface area contributed by atoms with Gasteiger partial charge >= 0.3 is 6.18 Å². The number of benzene rings is 2. The summed E-state index contributed by atoms with van der Waals surface area (Å²) in [5, 5.41) is 2.47. The third-order valence-corrected chi connectivity index (χ3v) is 3.62. The van der Waals surface area contributed by atoms with E-state index in [9.17, 15) is 17.6 Å². The Morgan fingerprint density at radius 1 is 1.14 bits per heavy atom. The zero-order valence-electron chi connectivity index (χ0n) is 10.2. The Labute approximate surface area is 131 Å². The molecule has 2 nitrogen and oxygen atoms in total.